The van der Waals surface area contributed by atoms with Crippen LogP contribution in [0.25, 0.3) is 97.4 Å². The second-order valence-electron chi connectivity index (χ2n) is 21.2. The van der Waals surface area contributed by atoms with Crippen LogP contribution in [-0.4, -0.2) is 0 Å². The zero-order valence-electron chi connectivity index (χ0n) is 45.5. The molecule has 0 unspecified atom stereocenters. The van der Waals surface area contributed by atoms with Crippen LogP contribution < -0.4 is 14.7 Å². The highest BCUT2D eigenvalue weighted by Crippen LogP contribution is 2.50. The number of benzene rings is 13. The smallest absolute Gasteiger partial charge is 0.159 e. The quantitative estimate of drug-likeness (QED) is 0.122. The normalized spacial score (nSPS) is 11.6. The van der Waals surface area contributed by atoms with Crippen LogP contribution in [0.1, 0.15) is 0 Å². The van der Waals surface area contributed by atoms with Gasteiger partial charge in [-0.15, -0.1) is 11.3 Å². The van der Waals surface area contributed by atoms with Crippen molar-refractivity contribution >= 4 is 127 Å². The van der Waals surface area contributed by atoms with E-state index in [1.165, 1.54) is 25.7 Å². The number of para-hydroxylation sites is 4. The van der Waals surface area contributed by atoms with Gasteiger partial charge in [0.05, 0.1) is 22.7 Å². The lowest BCUT2D eigenvalue weighted by atomic mass is 10.0. The molecule has 16 aromatic rings. The summed E-state index contributed by atoms with van der Waals surface area (Å²) in [5, 5.41) is 6.79. The molecule has 13 aromatic carbocycles. The number of hydrogen-bond acceptors (Lipinski definition) is 6. The summed E-state index contributed by atoms with van der Waals surface area (Å²) >= 11 is 1.86. The molecular weight excluding hydrogens is 1040 g/mol. The van der Waals surface area contributed by atoms with Crippen molar-refractivity contribution in [3.05, 3.63) is 309 Å². The molecule has 0 amide bonds. The van der Waals surface area contributed by atoms with Crippen LogP contribution in [0.5, 0.6) is 0 Å². The van der Waals surface area contributed by atoms with Crippen molar-refractivity contribution in [1.29, 1.82) is 0 Å². The first-order chi connectivity index (χ1) is 41.6. The standard InChI is InChI=1S/C78H51N3O2S/c1-4-18-52(19-5-1)54-34-40-59(41-35-54)80(61-46-47-75-71(51-61)67-25-11-13-31-73(67)82-75)63-48-62(79(57-22-8-3-9-23-57)58-44-38-56(39-45-58)65-27-16-29-70-68-26-12-15-33-76(68)84-78(65)70)49-64(50-63)81(60-42-36-55(37-43-60)53-20-6-2-7-21-53)72-30-17-28-69-66-24-10-14-32-74(66)83-77(69)72/h1-51H. The van der Waals surface area contributed by atoms with E-state index in [9.17, 15) is 0 Å². The first-order valence-corrected chi connectivity index (χ1v) is 29.2. The van der Waals surface area contributed by atoms with E-state index in [1.54, 1.807) is 0 Å². The number of hydrogen-bond donors (Lipinski definition) is 0. The Labute approximate surface area is 490 Å². The number of anilines is 9. The Kier molecular flexibility index (Phi) is 12.0. The number of fused-ring (bicyclic) bond motifs is 9. The fourth-order valence-corrected chi connectivity index (χ4v) is 13.5. The van der Waals surface area contributed by atoms with Crippen LogP contribution in [0, 0.1) is 0 Å². The van der Waals surface area contributed by atoms with Crippen LogP contribution in [0.3, 0.4) is 0 Å². The summed E-state index contributed by atoms with van der Waals surface area (Å²) in [6.45, 7) is 0. The van der Waals surface area contributed by atoms with E-state index in [2.05, 4.69) is 306 Å². The molecule has 0 fully saturated rings. The summed E-state index contributed by atoms with van der Waals surface area (Å²) in [6.07, 6.45) is 0. The van der Waals surface area contributed by atoms with Gasteiger partial charge in [0.1, 0.15) is 16.7 Å². The molecule has 0 bridgehead atoms. The first-order valence-electron chi connectivity index (χ1n) is 28.4. The second kappa shape index (κ2) is 20.6. The van der Waals surface area contributed by atoms with Gasteiger partial charge in [0.2, 0.25) is 0 Å². The Morgan fingerprint density at radius 2 is 0.667 bits per heavy atom. The third kappa shape index (κ3) is 8.63. The summed E-state index contributed by atoms with van der Waals surface area (Å²) in [4.78, 5) is 7.14. The summed E-state index contributed by atoms with van der Waals surface area (Å²) in [7, 11) is 0. The van der Waals surface area contributed by atoms with Gasteiger partial charge in [0.25, 0.3) is 0 Å². The maximum Gasteiger partial charge on any atom is 0.159 e. The van der Waals surface area contributed by atoms with Gasteiger partial charge >= 0.3 is 0 Å². The van der Waals surface area contributed by atoms with Crippen molar-refractivity contribution in [2.75, 3.05) is 14.7 Å². The molecule has 5 nitrogen and oxygen atoms in total. The predicted octanol–water partition coefficient (Wildman–Crippen LogP) is 23.3. The molecule has 0 aliphatic rings. The predicted molar refractivity (Wildman–Crippen MR) is 354 cm³/mol. The molecule has 0 aliphatic carbocycles. The maximum atomic E-state index is 6.97. The van der Waals surface area contributed by atoms with Crippen molar-refractivity contribution in [3.8, 4) is 33.4 Å². The second-order valence-corrected chi connectivity index (χ2v) is 22.3. The molecule has 3 heterocycles. The number of rotatable bonds is 12. The summed E-state index contributed by atoms with van der Waals surface area (Å²) in [5.41, 5.74) is 19.0. The van der Waals surface area contributed by atoms with Crippen LogP contribution in [0.2, 0.25) is 0 Å². The number of furan rings is 2. The molecule has 0 saturated carbocycles. The topological polar surface area (TPSA) is 36.0 Å². The largest absolute Gasteiger partial charge is 0.456 e. The molecule has 16 rings (SSSR count). The molecule has 0 spiro atoms. The van der Waals surface area contributed by atoms with E-state index >= 15 is 0 Å². The fraction of sp³-hybridized carbons (Fsp3) is 0. The first kappa shape index (κ1) is 48.9. The molecule has 3 aromatic heterocycles. The van der Waals surface area contributed by atoms with Crippen LogP contribution in [0.4, 0.5) is 51.2 Å². The molecule has 396 valence electrons. The SMILES string of the molecule is c1ccc(-c2ccc(N(c3cc(N(c4ccccc4)c4ccc(-c5cccc6c5sc5ccccc56)cc4)cc(N(c4ccc(-c5ccccc5)cc4)c4cccc5c4oc4ccccc45)c3)c3ccc4oc5ccccc5c4c3)cc2)cc1. The van der Waals surface area contributed by atoms with Gasteiger partial charge < -0.3 is 23.5 Å². The van der Waals surface area contributed by atoms with Crippen LogP contribution in [0.15, 0.2) is 318 Å². The minimum atomic E-state index is 0.799. The monoisotopic (exact) mass is 1090 g/mol. The molecule has 0 saturated heterocycles. The average molecular weight is 1090 g/mol. The third-order valence-corrected chi connectivity index (χ3v) is 17.4. The highest BCUT2D eigenvalue weighted by atomic mass is 32.1. The van der Waals surface area contributed by atoms with E-state index in [0.717, 1.165) is 123 Å². The van der Waals surface area contributed by atoms with E-state index in [1.807, 2.05) is 29.5 Å². The molecule has 6 heteroatoms. The Balaban J connectivity index is 0.953. The van der Waals surface area contributed by atoms with Crippen molar-refractivity contribution in [3.63, 3.8) is 0 Å². The molecule has 84 heavy (non-hydrogen) atoms. The van der Waals surface area contributed by atoms with Crippen molar-refractivity contribution in [1.82, 2.24) is 0 Å². The highest BCUT2D eigenvalue weighted by Gasteiger charge is 2.26. The lowest BCUT2D eigenvalue weighted by molar-refractivity contribution is 0.668. The lowest BCUT2D eigenvalue weighted by Gasteiger charge is -2.33. The Morgan fingerprint density at radius 3 is 1.31 bits per heavy atom. The summed E-state index contributed by atoms with van der Waals surface area (Å²) in [6, 6.07) is 111. The molecular formula is C78H51N3O2S. The molecule has 0 radical (unpaired) electrons. The van der Waals surface area contributed by atoms with Gasteiger partial charge in [0.15, 0.2) is 5.58 Å². The van der Waals surface area contributed by atoms with E-state index in [-0.39, 0.29) is 0 Å². The van der Waals surface area contributed by atoms with Gasteiger partial charge in [-0.3, -0.25) is 0 Å². The van der Waals surface area contributed by atoms with Crippen molar-refractivity contribution in [2.45, 2.75) is 0 Å². The maximum absolute atomic E-state index is 6.97. The fourth-order valence-electron chi connectivity index (χ4n) is 12.3. The van der Waals surface area contributed by atoms with Crippen molar-refractivity contribution in [2.24, 2.45) is 0 Å². The van der Waals surface area contributed by atoms with E-state index in [4.69, 9.17) is 8.83 Å². The van der Waals surface area contributed by atoms with Crippen LogP contribution in [-0.2, 0) is 0 Å². The van der Waals surface area contributed by atoms with E-state index in [0.29, 0.717) is 0 Å². The third-order valence-electron chi connectivity index (χ3n) is 16.2. The van der Waals surface area contributed by atoms with Crippen LogP contribution >= 0.6 is 11.3 Å². The number of nitrogens with zero attached hydrogens (tertiary/aromatic N) is 3. The van der Waals surface area contributed by atoms with Gasteiger partial charge in [-0.05, 0) is 143 Å². The molecule has 0 N–H and O–H groups in total. The number of thiophene rings is 1. The minimum absolute atomic E-state index is 0.799. The summed E-state index contributed by atoms with van der Waals surface area (Å²) < 4.78 is 16.0. The van der Waals surface area contributed by atoms with E-state index < -0.39 is 0 Å². The Morgan fingerprint density at radius 1 is 0.238 bits per heavy atom. The Hall–Kier alpha value is -10.9. The zero-order chi connectivity index (χ0) is 55.5. The minimum Gasteiger partial charge on any atom is -0.456 e. The van der Waals surface area contributed by atoms with Gasteiger partial charge in [0, 0.05) is 70.2 Å². The van der Waals surface area contributed by atoms with Crippen molar-refractivity contribution < 1.29 is 8.83 Å². The van der Waals surface area contributed by atoms with Gasteiger partial charge in [-0.2, -0.15) is 0 Å². The summed E-state index contributed by atoms with van der Waals surface area (Å²) in [5.74, 6) is 0. The molecule has 0 aliphatic heterocycles. The van der Waals surface area contributed by atoms with Gasteiger partial charge in [-0.25, -0.2) is 0 Å². The average Bonchev–Trinajstić information content (AvgIpc) is 4.37. The zero-order valence-corrected chi connectivity index (χ0v) is 46.3. The highest BCUT2D eigenvalue weighted by molar-refractivity contribution is 7.26. The Bertz CT molecular complexity index is 5070. The molecule has 0 atom stereocenters. The van der Waals surface area contributed by atoms with Gasteiger partial charge in [-0.1, -0.05) is 200 Å². The lowest BCUT2D eigenvalue weighted by Crippen LogP contribution is -2.16.